The Bertz CT molecular complexity index is 1050. The van der Waals surface area contributed by atoms with E-state index in [0.29, 0.717) is 24.8 Å². The average molecular weight is 426 g/mol. The third-order valence-corrected chi connectivity index (χ3v) is 6.95. The Kier molecular flexibility index (Phi) is 5.45. The fraction of sp³-hybridized carbons (Fsp3) is 0.455. The third kappa shape index (κ3) is 3.95. The van der Waals surface area contributed by atoms with Crippen molar-refractivity contribution in [3.63, 3.8) is 0 Å². The molecule has 2 atom stereocenters. The van der Waals surface area contributed by atoms with Crippen LogP contribution in [0.2, 0.25) is 0 Å². The maximum absolute atomic E-state index is 13.3. The smallest absolute Gasteiger partial charge is 0.261 e. The van der Waals surface area contributed by atoms with E-state index in [1.807, 2.05) is 24.3 Å². The SMILES string of the molecule is C[C@@H]1CC[C@@H](Nc2cc(N3CCOCC3)[nH]c(=O)c2-c2nc3ccccc3s2)CN1. The number of rotatable bonds is 4. The Morgan fingerprint density at radius 2 is 2.07 bits per heavy atom. The zero-order chi connectivity index (χ0) is 20.5. The van der Waals surface area contributed by atoms with Crippen molar-refractivity contribution in [2.24, 2.45) is 0 Å². The van der Waals surface area contributed by atoms with Gasteiger partial charge in [0.1, 0.15) is 10.8 Å². The van der Waals surface area contributed by atoms with Crippen LogP contribution >= 0.6 is 11.3 Å². The predicted molar refractivity (Wildman–Crippen MR) is 123 cm³/mol. The van der Waals surface area contributed by atoms with Gasteiger partial charge in [-0.25, -0.2) is 4.98 Å². The van der Waals surface area contributed by atoms with Crippen molar-refractivity contribution in [1.29, 1.82) is 0 Å². The van der Waals surface area contributed by atoms with E-state index in [1.165, 1.54) is 0 Å². The molecule has 0 aliphatic carbocycles. The van der Waals surface area contributed by atoms with Crippen LogP contribution in [0.25, 0.3) is 20.8 Å². The molecule has 7 nitrogen and oxygen atoms in total. The molecule has 5 rings (SSSR count). The van der Waals surface area contributed by atoms with Gasteiger partial charge >= 0.3 is 0 Å². The number of para-hydroxylation sites is 1. The van der Waals surface area contributed by atoms with Crippen molar-refractivity contribution < 1.29 is 4.74 Å². The highest BCUT2D eigenvalue weighted by Crippen LogP contribution is 2.34. The number of hydrogen-bond donors (Lipinski definition) is 3. The maximum Gasteiger partial charge on any atom is 0.261 e. The number of H-pyrrole nitrogens is 1. The first-order valence-electron chi connectivity index (χ1n) is 10.6. The molecule has 158 valence electrons. The summed E-state index contributed by atoms with van der Waals surface area (Å²) < 4.78 is 6.56. The molecule has 0 bridgehead atoms. The number of nitrogens with zero attached hydrogens (tertiary/aromatic N) is 2. The van der Waals surface area contributed by atoms with Gasteiger partial charge in [0.15, 0.2) is 0 Å². The van der Waals surface area contributed by atoms with E-state index in [9.17, 15) is 4.79 Å². The molecular weight excluding hydrogens is 398 g/mol. The molecule has 3 aromatic rings. The second-order valence-electron chi connectivity index (χ2n) is 8.09. The minimum Gasteiger partial charge on any atom is -0.380 e. The number of thiazole rings is 1. The van der Waals surface area contributed by atoms with E-state index in [4.69, 9.17) is 9.72 Å². The van der Waals surface area contributed by atoms with Gasteiger partial charge in [-0.3, -0.25) is 4.79 Å². The molecule has 2 aliphatic rings. The summed E-state index contributed by atoms with van der Waals surface area (Å²) in [6, 6.07) is 10.9. The highest BCUT2D eigenvalue weighted by Gasteiger charge is 2.23. The minimum atomic E-state index is -0.0994. The van der Waals surface area contributed by atoms with E-state index < -0.39 is 0 Å². The molecule has 0 saturated carbocycles. The normalized spacial score (nSPS) is 22.4. The van der Waals surface area contributed by atoms with Crippen LogP contribution in [0.15, 0.2) is 35.1 Å². The monoisotopic (exact) mass is 425 g/mol. The standard InChI is InChI=1S/C22H27N5O2S/c1-14-6-7-15(13-23-14)24-17-12-19(27-8-10-29-11-9-27)26-21(28)20(17)22-25-16-4-2-3-5-18(16)30-22/h2-5,12,14-15,23H,6-11,13H2,1H3,(H2,24,26,28)/t14-,15-/m1/s1. The lowest BCUT2D eigenvalue weighted by Crippen LogP contribution is -2.43. The summed E-state index contributed by atoms with van der Waals surface area (Å²) in [5, 5.41) is 7.95. The average Bonchev–Trinajstić information content (AvgIpc) is 3.19. The van der Waals surface area contributed by atoms with Crippen LogP contribution in [0.3, 0.4) is 0 Å². The molecule has 4 heterocycles. The third-order valence-electron chi connectivity index (χ3n) is 5.90. The zero-order valence-electron chi connectivity index (χ0n) is 17.1. The van der Waals surface area contributed by atoms with Crippen LogP contribution in [0.4, 0.5) is 11.5 Å². The summed E-state index contributed by atoms with van der Waals surface area (Å²) in [5.41, 5.74) is 2.32. The lowest BCUT2D eigenvalue weighted by atomic mass is 10.0. The van der Waals surface area contributed by atoms with Crippen LogP contribution in [0.5, 0.6) is 0 Å². The molecule has 0 amide bonds. The summed E-state index contributed by atoms with van der Waals surface area (Å²) in [7, 11) is 0. The minimum absolute atomic E-state index is 0.0994. The van der Waals surface area contributed by atoms with Gasteiger partial charge in [-0.2, -0.15) is 0 Å². The van der Waals surface area contributed by atoms with Gasteiger partial charge in [-0.15, -0.1) is 11.3 Å². The summed E-state index contributed by atoms with van der Waals surface area (Å²) in [6.45, 7) is 6.01. The molecule has 3 N–H and O–H groups in total. The largest absolute Gasteiger partial charge is 0.380 e. The summed E-state index contributed by atoms with van der Waals surface area (Å²) in [4.78, 5) is 23.3. The number of morpholine rings is 1. The number of piperidine rings is 1. The quantitative estimate of drug-likeness (QED) is 0.596. The first-order chi connectivity index (χ1) is 14.7. The second kappa shape index (κ2) is 8.37. The summed E-state index contributed by atoms with van der Waals surface area (Å²) >= 11 is 1.56. The Hall–Kier alpha value is -2.42. The van der Waals surface area contributed by atoms with Crippen LogP contribution in [-0.2, 0) is 4.74 Å². The van der Waals surface area contributed by atoms with E-state index >= 15 is 0 Å². The van der Waals surface area contributed by atoms with Gasteiger partial charge in [0.25, 0.3) is 5.56 Å². The number of aromatic nitrogens is 2. The molecular formula is C22H27N5O2S. The van der Waals surface area contributed by atoms with E-state index in [0.717, 1.165) is 59.2 Å². The second-order valence-corrected chi connectivity index (χ2v) is 9.12. The molecule has 2 aliphatic heterocycles. The molecule has 8 heteroatoms. The number of aromatic amines is 1. The Labute approximate surface area is 179 Å². The molecule has 30 heavy (non-hydrogen) atoms. The highest BCUT2D eigenvalue weighted by atomic mass is 32.1. The molecule has 2 fully saturated rings. The number of fused-ring (bicyclic) bond motifs is 1. The van der Waals surface area contributed by atoms with Gasteiger partial charge < -0.3 is 25.3 Å². The van der Waals surface area contributed by atoms with Crippen LogP contribution < -0.4 is 21.1 Å². The number of ether oxygens (including phenoxy) is 1. The van der Waals surface area contributed by atoms with Crippen molar-refractivity contribution in [3.8, 4) is 10.6 Å². The van der Waals surface area contributed by atoms with E-state index in [-0.39, 0.29) is 11.6 Å². The lowest BCUT2D eigenvalue weighted by Gasteiger charge is -2.31. The van der Waals surface area contributed by atoms with Gasteiger partial charge in [0, 0.05) is 37.8 Å². The van der Waals surface area contributed by atoms with Gasteiger partial charge in [-0.1, -0.05) is 12.1 Å². The van der Waals surface area contributed by atoms with Crippen LogP contribution in [0.1, 0.15) is 19.8 Å². The molecule has 2 saturated heterocycles. The number of pyridine rings is 1. The zero-order valence-corrected chi connectivity index (χ0v) is 17.9. The number of anilines is 2. The fourth-order valence-electron chi connectivity index (χ4n) is 4.17. The van der Waals surface area contributed by atoms with Crippen molar-refractivity contribution in [3.05, 3.63) is 40.7 Å². The predicted octanol–water partition coefficient (Wildman–Crippen LogP) is 3.04. The van der Waals surface area contributed by atoms with Crippen LogP contribution in [-0.4, -0.2) is 54.9 Å². The van der Waals surface area contributed by atoms with Crippen molar-refractivity contribution in [2.45, 2.75) is 31.8 Å². The molecule has 0 unspecified atom stereocenters. The van der Waals surface area contributed by atoms with Crippen LogP contribution in [0, 0.1) is 0 Å². The molecule has 0 radical (unpaired) electrons. The maximum atomic E-state index is 13.3. The Morgan fingerprint density at radius 1 is 1.23 bits per heavy atom. The van der Waals surface area contributed by atoms with Gasteiger partial charge in [0.05, 0.1) is 34.7 Å². The first-order valence-corrected chi connectivity index (χ1v) is 11.4. The molecule has 1 aromatic carbocycles. The van der Waals surface area contributed by atoms with E-state index in [1.54, 1.807) is 11.3 Å². The van der Waals surface area contributed by atoms with Crippen molar-refractivity contribution >= 4 is 33.1 Å². The van der Waals surface area contributed by atoms with Crippen molar-refractivity contribution in [2.75, 3.05) is 43.1 Å². The Morgan fingerprint density at radius 3 is 2.83 bits per heavy atom. The first kappa shape index (κ1) is 19.5. The number of nitrogens with one attached hydrogen (secondary N) is 3. The number of hydrogen-bond acceptors (Lipinski definition) is 7. The molecule has 0 spiro atoms. The lowest BCUT2D eigenvalue weighted by molar-refractivity contribution is 0.122. The van der Waals surface area contributed by atoms with Crippen molar-refractivity contribution in [1.82, 2.24) is 15.3 Å². The van der Waals surface area contributed by atoms with Gasteiger partial charge in [0.2, 0.25) is 0 Å². The highest BCUT2D eigenvalue weighted by molar-refractivity contribution is 7.21. The summed E-state index contributed by atoms with van der Waals surface area (Å²) in [6.07, 6.45) is 2.20. The fourth-order valence-corrected chi connectivity index (χ4v) is 5.19. The molecule has 2 aromatic heterocycles. The topological polar surface area (TPSA) is 82.3 Å². The summed E-state index contributed by atoms with van der Waals surface area (Å²) in [5.74, 6) is 0.841. The number of benzene rings is 1. The van der Waals surface area contributed by atoms with E-state index in [2.05, 4.69) is 33.5 Å². The van der Waals surface area contributed by atoms with Gasteiger partial charge in [-0.05, 0) is 31.9 Å². The Balaban J connectivity index is 1.56.